The highest BCUT2D eigenvalue weighted by molar-refractivity contribution is 6.07. The quantitative estimate of drug-likeness (QED) is 0.884. The first-order chi connectivity index (χ1) is 11.6. The molecule has 0 saturated carbocycles. The molecule has 24 heavy (non-hydrogen) atoms. The van der Waals surface area contributed by atoms with Crippen LogP contribution >= 0.6 is 0 Å². The molecule has 0 spiro atoms. The van der Waals surface area contributed by atoms with E-state index in [2.05, 4.69) is 10.5 Å². The molecule has 0 fully saturated rings. The zero-order valence-corrected chi connectivity index (χ0v) is 13.7. The van der Waals surface area contributed by atoms with Crippen molar-refractivity contribution in [3.63, 3.8) is 0 Å². The third-order valence-corrected chi connectivity index (χ3v) is 4.00. The lowest BCUT2D eigenvalue weighted by atomic mass is 9.94. The van der Waals surface area contributed by atoms with E-state index in [-0.39, 0.29) is 5.91 Å². The van der Waals surface area contributed by atoms with Gasteiger partial charge in [0.05, 0.1) is 19.1 Å². The number of methoxy groups -OCH3 is 1. The molecular weight excluding hydrogens is 308 g/mol. The summed E-state index contributed by atoms with van der Waals surface area (Å²) in [4.78, 5) is 17.9. The summed E-state index contributed by atoms with van der Waals surface area (Å²) >= 11 is 0. The first-order valence-corrected chi connectivity index (χ1v) is 7.81. The van der Waals surface area contributed by atoms with Crippen molar-refractivity contribution in [1.82, 2.24) is 5.32 Å². The van der Waals surface area contributed by atoms with Gasteiger partial charge >= 0.3 is 0 Å². The van der Waals surface area contributed by atoms with Gasteiger partial charge in [-0.25, -0.2) is 0 Å². The Hall–Kier alpha value is -2.76. The second kappa shape index (κ2) is 6.78. The lowest BCUT2D eigenvalue weighted by Crippen LogP contribution is -2.45. The largest absolute Gasteiger partial charge is 0.496 e. The Kier molecular flexibility index (Phi) is 4.55. The highest BCUT2D eigenvalue weighted by atomic mass is 16.7. The molecule has 0 unspecified atom stereocenters. The highest BCUT2D eigenvalue weighted by Crippen LogP contribution is 2.30. The van der Waals surface area contributed by atoms with E-state index >= 15 is 0 Å². The Bertz CT molecular complexity index is 739. The van der Waals surface area contributed by atoms with Gasteiger partial charge in [0.25, 0.3) is 5.91 Å². The van der Waals surface area contributed by atoms with Crippen molar-refractivity contribution in [3.8, 4) is 5.75 Å². The number of hydrogen-bond donors (Lipinski definition) is 1. The molecular formula is C18H20N2O4. The van der Waals surface area contributed by atoms with Crippen LogP contribution in [0, 0.1) is 0 Å². The van der Waals surface area contributed by atoms with Crippen LogP contribution in [0.1, 0.15) is 24.7 Å². The first kappa shape index (κ1) is 16.1. The van der Waals surface area contributed by atoms with E-state index in [0.29, 0.717) is 30.8 Å². The smallest absolute Gasteiger partial charge is 0.267 e. The van der Waals surface area contributed by atoms with Gasteiger partial charge in [-0.3, -0.25) is 4.79 Å². The van der Waals surface area contributed by atoms with Crippen molar-refractivity contribution in [2.24, 2.45) is 5.16 Å². The van der Waals surface area contributed by atoms with Gasteiger partial charge in [0, 0.05) is 24.9 Å². The number of amides is 1. The molecule has 2 heterocycles. The standard InChI is InChI=1S/C18H20N2O4/c1-18(17(21)19-10-9-13-6-5-11-23-13)12-15(20-24-18)14-7-3-4-8-16(14)22-2/h3-8,11H,9-10,12H2,1-2H3,(H,19,21)/t18-/m1/s1. The average Bonchev–Trinajstić information content (AvgIpc) is 3.25. The second-order valence-corrected chi connectivity index (χ2v) is 5.82. The fraction of sp³-hybridized carbons (Fsp3) is 0.333. The number of hydrogen-bond acceptors (Lipinski definition) is 5. The predicted molar refractivity (Wildman–Crippen MR) is 89.1 cm³/mol. The molecule has 3 rings (SSSR count). The molecule has 0 saturated heterocycles. The minimum Gasteiger partial charge on any atom is -0.496 e. The van der Waals surface area contributed by atoms with Crippen LogP contribution in [0.15, 0.2) is 52.2 Å². The van der Waals surface area contributed by atoms with Gasteiger partial charge in [0.15, 0.2) is 0 Å². The summed E-state index contributed by atoms with van der Waals surface area (Å²) in [6, 6.07) is 11.3. The van der Waals surface area contributed by atoms with Crippen LogP contribution in [0.3, 0.4) is 0 Å². The SMILES string of the molecule is COc1ccccc1C1=NO[C@@](C)(C(=O)NCCc2ccco2)C1. The third kappa shape index (κ3) is 3.27. The van der Waals surface area contributed by atoms with Gasteiger partial charge in [-0.15, -0.1) is 0 Å². The van der Waals surface area contributed by atoms with Crippen molar-refractivity contribution in [2.45, 2.75) is 25.4 Å². The summed E-state index contributed by atoms with van der Waals surface area (Å²) in [5.74, 6) is 1.35. The lowest BCUT2D eigenvalue weighted by molar-refractivity contribution is -0.141. The Labute approximate surface area is 140 Å². The van der Waals surface area contributed by atoms with Gasteiger partial charge in [-0.2, -0.15) is 0 Å². The Morgan fingerprint density at radius 3 is 2.92 bits per heavy atom. The van der Waals surface area contributed by atoms with Gasteiger partial charge < -0.3 is 19.3 Å². The van der Waals surface area contributed by atoms with E-state index < -0.39 is 5.60 Å². The Morgan fingerprint density at radius 2 is 2.17 bits per heavy atom. The van der Waals surface area contributed by atoms with Gasteiger partial charge in [-0.1, -0.05) is 17.3 Å². The van der Waals surface area contributed by atoms with Gasteiger partial charge in [0.1, 0.15) is 11.5 Å². The number of ether oxygens (including phenoxy) is 1. The number of furan rings is 1. The molecule has 1 aliphatic heterocycles. The van der Waals surface area contributed by atoms with Crippen LogP contribution < -0.4 is 10.1 Å². The molecule has 1 aromatic heterocycles. The van der Waals surface area contributed by atoms with Gasteiger partial charge in [-0.05, 0) is 31.2 Å². The zero-order valence-electron chi connectivity index (χ0n) is 13.7. The number of benzene rings is 1. The number of nitrogens with one attached hydrogen (secondary N) is 1. The van der Waals surface area contributed by atoms with Crippen molar-refractivity contribution in [1.29, 1.82) is 0 Å². The summed E-state index contributed by atoms with van der Waals surface area (Å²) in [7, 11) is 1.61. The van der Waals surface area contributed by atoms with Crippen LogP contribution in [0.2, 0.25) is 0 Å². The molecule has 1 aliphatic rings. The van der Waals surface area contributed by atoms with E-state index in [1.807, 2.05) is 36.4 Å². The Morgan fingerprint density at radius 1 is 1.33 bits per heavy atom. The summed E-state index contributed by atoms with van der Waals surface area (Å²) in [5, 5.41) is 6.98. The van der Waals surface area contributed by atoms with Crippen LogP contribution in [-0.2, 0) is 16.1 Å². The predicted octanol–water partition coefficient (Wildman–Crippen LogP) is 2.53. The molecule has 1 atom stereocenters. The number of nitrogens with zero attached hydrogens (tertiary/aromatic N) is 1. The summed E-state index contributed by atoms with van der Waals surface area (Å²) in [6.45, 7) is 2.22. The maximum atomic E-state index is 12.5. The molecule has 1 N–H and O–H groups in total. The summed E-state index contributed by atoms with van der Waals surface area (Å²) < 4.78 is 10.6. The lowest BCUT2D eigenvalue weighted by Gasteiger charge is -2.20. The molecule has 1 amide bonds. The molecule has 0 radical (unpaired) electrons. The van der Waals surface area contributed by atoms with E-state index in [9.17, 15) is 4.79 Å². The van der Waals surface area contributed by atoms with Crippen LogP contribution in [0.25, 0.3) is 0 Å². The molecule has 0 aliphatic carbocycles. The average molecular weight is 328 g/mol. The third-order valence-electron chi connectivity index (χ3n) is 4.00. The molecule has 126 valence electrons. The summed E-state index contributed by atoms with van der Waals surface area (Å²) in [6.07, 6.45) is 2.64. The van der Waals surface area contributed by atoms with Crippen LogP contribution in [0.5, 0.6) is 5.75 Å². The molecule has 6 heteroatoms. The second-order valence-electron chi connectivity index (χ2n) is 5.82. The molecule has 2 aromatic rings. The van der Waals surface area contributed by atoms with E-state index in [1.165, 1.54) is 0 Å². The minimum absolute atomic E-state index is 0.192. The van der Waals surface area contributed by atoms with E-state index in [1.54, 1.807) is 20.3 Å². The first-order valence-electron chi connectivity index (χ1n) is 7.81. The Balaban J connectivity index is 1.60. The minimum atomic E-state index is -1.01. The van der Waals surface area contributed by atoms with Crippen LogP contribution in [0.4, 0.5) is 0 Å². The molecule has 1 aromatic carbocycles. The number of para-hydroxylation sites is 1. The number of rotatable bonds is 6. The number of carbonyl (C=O) groups excluding carboxylic acids is 1. The van der Waals surface area contributed by atoms with Crippen LogP contribution in [-0.4, -0.2) is 30.9 Å². The number of carbonyl (C=O) groups is 1. The highest BCUT2D eigenvalue weighted by Gasteiger charge is 2.42. The van der Waals surface area contributed by atoms with Crippen molar-refractivity contribution >= 4 is 11.6 Å². The number of oxime groups is 1. The topological polar surface area (TPSA) is 73.1 Å². The molecule has 0 bridgehead atoms. The van der Waals surface area contributed by atoms with Crippen molar-refractivity contribution in [3.05, 3.63) is 54.0 Å². The summed E-state index contributed by atoms with van der Waals surface area (Å²) in [5.41, 5.74) is 0.530. The fourth-order valence-corrected chi connectivity index (χ4v) is 2.63. The fourth-order valence-electron chi connectivity index (χ4n) is 2.63. The van der Waals surface area contributed by atoms with E-state index in [0.717, 1.165) is 11.3 Å². The molecule has 6 nitrogen and oxygen atoms in total. The van der Waals surface area contributed by atoms with E-state index in [4.69, 9.17) is 14.0 Å². The van der Waals surface area contributed by atoms with Crippen molar-refractivity contribution in [2.75, 3.05) is 13.7 Å². The van der Waals surface area contributed by atoms with Gasteiger partial charge in [0.2, 0.25) is 5.60 Å². The monoisotopic (exact) mass is 328 g/mol. The maximum absolute atomic E-state index is 12.5. The van der Waals surface area contributed by atoms with Crippen molar-refractivity contribution < 1.29 is 18.8 Å². The maximum Gasteiger partial charge on any atom is 0.267 e. The zero-order chi connectivity index (χ0) is 17.0. The normalized spacial score (nSPS) is 19.5.